The van der Waals surface area contributed by atoms with Crippen molar-refractivity contribution in [2.75, 3.05) is 10.6 Å². The van der Waals surface area contributed by atoms with Crippen LogP contribution in [0, 0.1) is 11.3 Å². The van der Waals surface area contributed by atoms with Crippen LogP contribution in [0.1, 0.15) is 5.56 Å². The monoisotopic (exact) mass is 322 g/mol. The largest absolute Gasteiger partial charge is 0.338 e. The first kappa shape index (κ1) is 14.8. The van der Waals surface area contributed by atoms with Crippen LogP contribution in [0.25, 0.3) is 0 Å². The minimum Gasteiger partial charge on any atom is -0.338 e. The summed E-state index contributed by atoms with van der Waals surface area (Å²) in [6, 6.07) is 16.5. The average molecular weight is 323 g/mol. The van der Waals surface area contributed by atoms with Crippen LogP contribution in [0.3, 0.4) is 0 Å². The molecule has 0 spiro atoms. The highest BCUT2D eigenvalue weighted by Gasteiger charge is 2.05. The predicted octanol–water partition coefficient (Wildman–Crippen LogP) is 3.88. The zero-order valence-electron chi connectivity index (χ0n) is 11.9. The number of halogens is 1. The lowest BCUT2D eigenvalue weighted by Gasteiger charge is -2.08. The van der Waals surface area contributed by atoms with Crippen molar-refractivity contribution >= 4 is 34.7 Å². The summed E-state index contributed by atoms with van der Waals surface area (Å²) in [5, 5.41) is 23.6. The maximum atomic E-state index is 9.11. The van der Waals surface area contributed by atoms with Crippen LogP contribution in [0.4, 0.5) is 23.1 Å². The molecule has 0 aliphatic carbocycles. The minimum atomic E-state index is 0.326. The summed E-state index contributed by atoms with van der Waals surface area (Å²) < 4.78 is 0. The summed E-state index contributed by atoms with van der Waals surface area (Å²) in [4.78, 5) is 4.32. The van der Waals surface area contributed by atoms with Crippen LogP contribution >= 0.6 is 11.6 Å². The third-order valence-electron chi connectivity index (χ3n) is 2.95. The van der Waals surface area contributed by atoms with E-state index in [1.54, 1.807) is 30.3 Å². The lowest BCUT2D eigenvalue weighted by atomic mass is 10.2. The lowest BCUT2D eigenvalue weighted by molar-refractivity contribution is 0.982. The third kappa shape index (κ3) is 3.73. The van der Waals surface area contributed by atoms with Gasteiger partial charge in [0.05, 0.1) is 17.4 Å². The molecule has 0 unspecified atom stereocenters. The molecule has 112 valence electrons. The van der Waals surface area contributed by atoms with Gasteiger partial charge in [-0.15, -0.1) is 5.10 Å². The molecule has 7 heteroatoms. The summed E-state index contributed by atoms with van der Waals surface area (Å²) in [5.74, 6) is 0.805. The molecule has 0 aliphatic heterocycles. The molecular weight excluding hydrogens is 312 g/mol. The van der Waals surface area contributed by atoms with Crippen molar-refractivity contribution in [3.05, 3.63) is 65.3 Å². The number of anilines is 4. The van der Waals surface area contributed by atoms with Gasteiger partial charge in [-0.2, -0.15) is 15.3 Å². The van der Waals surface area contributed by atoms with Crippen molar-refractivity contribution in [2.24, 2.45) is 0 Å². The zero-order valence-corrected chi connectivity index (χ0v) is 12.6. The highest BCUT2D eigenvalue weighted by atomic mass is 35.5. The van der Waals surface area contributed by atoms with Gasteiger partial charge in [-0.3, -0.25) is 0 Å². The Morgan fingerprint density at radius 2 is 1.91 bits per heavy atom. The molecule has 0 aliphatic rings. The number of hydrogen-bond acceptors (Lipinski definition) is 6. The van der Waals surface area contributed by atoms with E-state index in [1.807, 2.05) is 18.2 Å². The first-order valence-corrected chi connectivity index (χ1v) is 7.11. The normalized spacial score (nSPS) is 9.91. The Morgan fingerprint density at radius 1 is 1.04 bits per heavy atom. The van der Waals surface area contributed by atoms with E-state index in [2.05, 4.69) is 31.9 Å². The van der Waals surface area contributed by atoms with E-state index in [1.165, 1.54) is 6.20 Å². The molecule has 0 saturated heterocycles. The second-order valence-electron chi connectivity index (χ2n) is 4.58. The van der Waals surface area contributed by atoms with Crippen molar-refractivity contribution in [3.8, 4) is 6.07 Å². The van der Waals surface area contributed by atoms with Crippen molar-refractivity contribution in [1.29, 1.82) is 5.26 Å². The molecule has 6 nitrogen and oxygen atoms in total. The van der Waals surface area contributed by atoms with Gasteiger partial charge >= 0.3 is 0 Å². The van der Waals surface area contributed by atoms with Gasteiger partial charge < -0.3 is 10.6 Å². The van der Waals surface area contributed by atoms with E-state index in [4.69, 9.17) is 16.9 Å². The molecule has 2 aromatic carbocycles. The van der Waals surface area contributed by atoms with Crippen molar-refractivity contribution < 1.29 is 0 Å². The van der Waals surface area contributed by atoms with E-state index >= 15 is 0 Å². The molecule has 0 amide bonds. The fraction of sp³-hybridized carbons (Fsp3) is 0. The Bertz CT molecular complexity index is 874. The highest BCUT2D eigenvalue weighted by Crippen LogP contribution is 2.21. The standard InChI is InChI=1S/C16H11ClN6/c17-12-5-3-6-13(8-12)20-16-22-15(10-19-23-16)21-14-7-2-1-4-11(14)9-18/h1-8,10H,(H2,20,21,22,23). The van der Waals surface area contributed by atoms with E-state index in [9.17, 15) is 0 Å². The van der Waals surface area contributed by atoms with E-state index < -0.39 is 0 Å². The Hall–Kier alpha value is -3.17. The van der Waals surface area contributed by atoms with Crippen LogP contribution in [0.15, 0.2) is 54.7 Å². The molecular formula is C16H11ClN6. The molecule has 1 aromatic heterocycles. The lowest BCUT2D eigenvalue weighted by Crippen LogP contribution is -2.03. The molecule has 3 aromatic rings. The summed E-state index contributed by atoms with van der Waals surface area (Å²) in [6.07, 6.45) is 1.48. The number of aromatic nitrogens is 3. The number of nitrogens with one attached hydrogen (secondary N) is 2. The van der Waals surface area contributed by atoms with Gasteiger partial charge in [-0.1, -0.05) is 29.8 Å². The molecule has 0 fully saturated rings. The number of para-hydroxylation sites is 1. The Kier molecular flexibility index (Phi) is 4.32. The molecule has 1 heterocycles. The van der Waals surface area contributed by atoms with Gasteiger partial charge in [0.15, 0.2) is 5.82 Å². The SMILES string of the molecule is N#Cc1ccccc1Nc1cnnc(Nc2cccc(Cl)c2)n1. The first-order chi connectivity index (χ1) is 11.2. The molecule has 0 saturated carbocycles. The topological polar surface area (TPSA) is 86.5 Å². The van der Waals surface area contributed by atoms with Gasteiger partial charge in [0, 0.05) is 10.7 Å². The van der Waals surface area contributed by atoms with E-state index in [0.717, 1.165) is 5.69 Å². The maximum absolute atomic E-state index is 9.11. The fourth-order valence-corrected chi connectivity index (χ4v) is 2.13. The quantitative estimate of drug-likeness (QED) is 0.758. The number of hydrogen-bond donors (Lipinski definition) is 2. The fourth-order valence-electron chi connectivity index (χ4n) is 1.94. The summed E-state index contributed by atoms with van der Waals surface area (Å²) >= 11 is 5.94. The van der Waals surface area contributed by atoms with Gasteiger partial charge in [0.1, 0.15) is 6.07 Å². The van der Waals surface area contributed by atoms with Gasteiger partial charge in [-0.25, -0.2) is 0 Å². The summed E-state index contributed by atoms with van der Waals surface area (Å²) in [6.45, 7) is 0. The molecule has 2 N–H and O–H groups in total. The van der Waals surface area contributed by atoms with Crippen molar-refractivity contribution in [1.82, 2.24) is 15.2 Å². The minimum absolute atomic E-state index is 0.326. The Morgan fingerprint density at radius 3 is 2.74 bits per heavy atom. The predicted molar refractivity (Wildman–Crippen MR) is 89.0 cm³/mol. The molecule has 0 atom stereocenters. The number of nitriles is 1. The molecule has 3 rings (SSSR count). The number of nitrogens with zero attached hydrogens (tertiary/aromatic N) is 4. The maximum Gasteiger partial charge on any atom is 0.249 e. The van der Waals surface area contributed by atoms with Crippen LogP contribution in [-0.4, -0.2) is 15.2 Å². The summed E-state index contributed by atoms with van der Waals surface area (Å²) in [7, 11) is 0. The number of rotatable bonds is 4. The summed E-state index contributed by atoms with van der Waals surface area (Å²) in [5.41, 5.74) is 1.94. The van der Waals surface area contributed by atoms with E-state index in [-0.39, 0.29) is 0 Å². The van der Waals surface area contributed by atoms with Crippen LogP contribution in [0.2, 0.25) is 5.02 Å². The second kappa shape index (κ2) is 6.73. The number of benzene rings is 2. The first-order valence-electron chi connectivity index (χ1n) is 6.73. The van der Waals surface area contributed by atoms with E-state index in [0.29, 0.717) is 28.0 Å². The molecule has 0 bridgehead atoms. The van der Waals surface area contributed by atoms with Gasteiger partial charge in [0.25, 0.3) is 0 Å². The Balaban J connectivity index is 1.81. The average Bonchev–Trinajstić information content (AvgIpc) is 2.56. The van der Waals surface area contributed by atoms with Gasteiger partial charge in [0.2, 0.25) is 5.95 Å². The third-order valence-corrected chi connectivity index (χ3v) is 3.18. The van der Waals surface area contributed by atoms with Crippen LogP contribution in [-0.2, 0) is 0 Å². The Labute approximate surface area is 137 Å². The van der Waals surface area contributed by atoms with Crippen LogP contribution < -0.4 is 10.6 Å². The van der Waals surface area contributed by atoms with Crippen LogP contribution in [0.5, 0.6) is 0 Å². The van der Waals surface area contributed by atoms with Crippen molar-refractivity contribution in [3.63, 3.8) is 0 Å². The van der Waals surface area contributed by atoms with Gasteiger partial charge in [-0.05, 0) is 30.3 Å². The zero-order chi connectivity index (χ0) is 16.1. The molecule has 0 radical (unpaired) electrons. The smallest absolute Gasteiger partial charge is 0.249 e. The second-order valence-corrected chi connectivity index (χ2v) is 5.02. The molecule has 23 heavy (non-hydrogen) atoms. The highest BCUT2D eigenvalue weighted by molar-refractivity contribution is 6.30. The van der Waals surface area contributed by atoms with Crippen molar-refractivity contribution in [2.45, 2.75) is 0 Å².